The minimum Gasteiger partial charge on any atom is -0.494 e. The molecule has 0 spiro atoms. The van der Waals surface area contributed by atoms with Crippen LogP contribution in [0.25, 0.3) is 0 Å². The van der Waals surface area contributed by atoms with Crippen LogP contribution in [0.1, 0.15) is 190 Å². The molecule has 0 fully saturated rings. The molecule has 0 amide bonds. The predicted octanol–water partition coefficient (Wildman–Crippen LogP) is 23.4. The van der Waals surface area contributed by atoms with Gasteiger partial charge in [0.05, 0.1) is 85.9 Å². The molecule has 0 aromatic heterocycles. The van der Waals surface area contributed by atoms with Crippen LogP contribution in [0.15, 0.2) is 188 Å². The smallest absolute Gasteiger partial charge is 0.338 e. The van der Waals surface area contributed by atoms with Crippen LogP contribution in [-0.2, 0) is 24.0 Å². The van der Waals surface area contributed by atoms with Crippen LogP contribution in [0.4, 0.5) is 34.1 Å². The Morgan fingerprint density at radius 2 is 0.554 bits per heavy atom. The van der Waals surface area contributed by atoms with Gasteiger partial charge in [0, 0.05) is 0 Å². The molecule has 0 heterocycles. The Kier molecular flexibility index (Phi) is 33.5. The highest BCUT2D eigenvalue weighted by atomic mass is 16.5. The summed E-state index contributed by atoms with van der Waals surface area (Å²) in [6.45, 7) is 11.9. The highest BCUT2D eigenvalue weighted by molar-refractivity contribution is 5.91. The second-order valence-electron chi connectivity index (χ2n) is 23.3. The number of aryl methyl sites for hydroxylation is 3. The molecule has 0 N–H and O–H groups in total. The number of esters is 1. The van der Waals surface area contributed by atoms with Gasteiger partial charge in [0.25, 0.3) is 0 Å². The maximum absolute atomic E-state index is 13.3. The molecule has 7 aromatic rings. The van der Waals surface area contributed by atoms with Crippen LogP contribution in [0, 0.1) is 0 Å². The van der Waals surface area contributed by atoms with E-state index in [0.717, 1.165) is 148 Å². The van der Waals surface area contributed by atoms with Crippen LogP contribution < -0.4 is 28.4 Å². The normalized spacial score (nSPS) is 11.4. The van der Waals surface area contributed by atoms with Gasteiger partial charge in [-0.2, -0.15) is 30.7 Å². The topological polar surface area (TPSA) is 156 Å². The highest BCUT2D eigenvalue weighted by Gasteiger charge is 2.20. The molecule has 0 aliphatic rings. The first-order valence-corrected chi connectivity index (χ1v) is 34.3. The summed E-state index contributed by atoms with van der Waals surface area (Å²) in [7, 11) is 0. The SMILES string of the molecule is CCCCCc1ccc(N=Nc2ccc(OCCCCCCOc3cc(C(=O)OCC)cc(OCCCCCCOc4ccc(N=Nc5ccc(CCCCC)cc5)cc4)c3OCCCCCCOc3ccc(N=Nc4ccc(CCCCC)cc4)cc3)cc2)cc1. The minimum atomic E-state index is -0.442. The molecule has 0 aliphatic carbocycles. The van der Waals surface area contributed by atoms with Gasteiger partial charge in [-0.3, -0.25) is 0 Å². The van der Waals surface area contributed by atoms with E-state index in [1.165, 1.54) is 74.5 Å². The number of nitrogens with zero attached hydrogens (tertiary/aromatic N) is 6. The molecule has 490 valence electrons. The second-order valence-corrected chi connectivity index (χ2v) is 23.3. The molecular weight excluding hydrogens is 1150 g/mol. The summed E-state index contributed by atoms with van der Waals surface area (Å²) < 4.78 is 43.2. The number of benzene rings is 7. The average molecular weight is 1250 g/mol. The first-order valence-electron chi connectivity index (χ1n) is 34.3. The molecule has 0 bridgehead atoms. The van der Waals surface area contributed by atoms with Gasteiger partial charge in [0.15, 0.2) is 11.5 Å². The Labute approximate surface area is 548 Å². The lowest BCUT2D eigenvalue weighted by Crippen LogP contribution is -2.10. The van der Waals surface area contributed by atoms with E-state index in [9.17, 15) is 4.79 Å². The third-order valence-electron chi connectivity index (χ3n) is 15.6. The monoisotopic (exact) mass is 1250 g/mol. The van der Waals surface area contributed by atoms with Gasteiger partial charge in [-0.25, -0.2) is 4.79 Å². The summed E-state index contributed by atoms with van der Waals surface area (Å²) in [5.74, 6) is 3.40. The molecule has 7 rings (SSSR count). The molecule has 92 heavy (non-hydrogen) atoms. The Hall–Kier alpha value is -8.39. The number of hydrogen-bond acceptors (Lipinski definition) is 14. The van der Waals surface area contributed by atoms with E-state index in [0.29, 0.717) is 62.5 Å². The van der Waals surface area contributed by atoms with E-state index in [4.69, 9.17) is 33.2 Å². The quantitative estimate of drug-likeness (QED) is 0.0207. The summed E-state index contributed by atoms with van der Waals surface area (Å²) in [6.07, 6.45) is 25.2. The van der Waals surface area contributed by atoms with Crippen molar-refractivity contribution >= 4 is 40.1 Å². The third-order valence-corrected chi connectivity index (χ3v) is 15.6. The lowest BCUT2D eigenvalue weighted by Gasteiger charge is -2.19. The number of ether oxygens (including phenoxy) is 7. The van der Waals surface area contributed by atoms with Crippen LogP contribution in [0.2, 0.25) is 0 Å². The maximum atomic E-state index is 13.3. The van der Waals surface area contributed by atoms with Crippen LogP contribution in [0.5, 0.6) is 34.5 Å². The summed E-state index contributed by atoms with van der Waals surface area (Å²) in [5.41, 5.74) is 9.21. The fourth-order valence-electron chi connectivity index (χ4n) is 10.1. The van der Waals surface area contributed by atoms with Crippen molar-refractivity contribution in [1.29, 1.82) is 0 Å². The van der Waals surface area contributed by atoms with Gasteiger partial charge in [-0.15, -0.1) is 0 Å². The molecular formula is C78H100N6O8. The maximum Gasteiger partial charge on any atom is 0.338 e. The van der Waals surface area contributed by atoms with E-state index in [1.807, 2.05) is 109 Å². The first kappa shape index (κ1) is 71.1. The summed E-state index contributed by atoms with van der Waals surface area (Å²) in [6, 6.07) is 51.7. The zero-order valence-corrected chi connectivity index (χ0v) is 55.4. The second kappa shape index (κ2) is 43.4. The van der Waals surface area contributed by atoms with Gasteiger partial charge in [0.1, 0.15) is 17.2 Å². The van der Waals surface area contributed by atoms with Gasteiger partial charge >= 0.3 is 5.97 Å². The third kappa shape index (κ3) is 28.0. The zero-order chi connectivity index (χ0) is 64.3. The van der Waals surface area contributed by atoms with E-state index >= 15 is 0 Å². The van der Waals surface area contributed by atoms with Crippen molar-refractivity contribution < 1.29 is 38.0 Å². The van der Waals surface area contributed by atoms with Crippen molar-refractivity contribution in [3.05, 3.63) is 180 Å². The Morgan fingerprint density at radius 1 is 0.293 bits per heavy atom. The fourth-order valence-corrected chi connectivity index (χ4v) is 10.1. The van der Waals surface area contributed by atoms with Crippen LogP contribution in [0.3, 0.4) is 0 Å². The molecule has 0 aliphatic heterocycles. The fraction of sp³-hybridized carbons (Fsp3) is 0.449. The lowest BCUT2D eigenvalue weighted by molar-refractivity contribution is 0.0525. The van der Waals surface area contributed by atoms with E-state index in [2.05, 4.69) is 87.9 Å². The van der Waals surface area contributed by atoms with Gasteiger partial charge < -0.3 is 33.2 Å². The van der Waals surface area contributed by atoms with Crippen molar-refractivity contribution in [2.24, 2.45) is 30.7 Å². The number of unbranched alkanes of at least 4 members (excludes halogenated alkanes) is 15. The summed E-state index contributed by atoms with van der Waals surface area (Å²) in [5, 5.41) is 26.6. The predicted molar refractivity (Wildman–Crippen MR) is 372 cm³/mol. The largest absolute Gasteiger partial charge is 0.494 e. The van der Waals surface area contributed by atoms with Crippen molar-refractivity contribution in [3.63, 3.8) is 0 Å². The Balaban J connectivity index is 0.849. The number of hydrogen-bond donors (Lipinski definition) is 0. The van der Waals surface area contributed by atoms with Crippen molar-refractivity contribution in [1.82, 2.24) is 0 Å². The number of carbonyl (C=O) groups is 1. The Morgan fingerprint density at radius 3 is 0.826 bits per heavy atom. The summed E-state index contributed by atoms with van der Waals surface area (Å²) >= 11 is 0. The lowest BCUT2D eigenvalue weighted by atomic mass is 10.1. The van der Waals surface area contributed by atoms with Crippen molar-refractivity contribution in [2.45, 2.75) is 182 Å². The van der Waals surface area contributed by atoms with Crippen molar-refractivity contribution in [2.75, 3.05) is 46.2 Å². The molecule has 14 heteroatoms. The molecule has 0 unspecified atom stereocenters. The van der Waals surface area contributed by atoms with Crippen molar-refractivity contribution in [3.8, 4) is 34.5 Å². The highest BCUT2D eigenvalue weighted by Crippen LogP contribution is 2.40. The van der Waals surface area contributed by atoms with Gasteiger partial charge in [-0.1, -0.05) is 95.7 Å². The summed E-state index contributed by atoms with van der Waals surface area (Å²) in [4.78, 5) is 13.3. The molecule has 7 aromatic carbocycles. The van der Waals surface area contributed by atoms with E-state index in [-0.39, 0.29) is 6.61 Å². The van der Waals surface area contributed by atoms with Crippen LogP contribution >= 0.6 is 0 Å². The molecule has 0 radical (unpaired) electrons. The zero-order valence-electron chi connectivity index (χ0n) is 55.4. The minimum absolute atomic E-state index is 0.244. The number of azo groups is 3. The van der Waals surface area contributed by atoms with Gasteiger partial charge in [-0.05, 0) is 261 Å². The molecule has 14 nitrogen and oxygen atoms in total. The van der Waals surface area contributed by atoms with E-state index in [1.54, 1.807) is 19.1 Å². The van der Waals surface area contributed by atoms with Crippen LogP contribution in [-0.4, -0.2) is 52.2 Å². The molecule has 0 saturated carbocycles. The molecule has 0 saturated heterocycles. The van der Waals surface area contributed by atoms with Gasteiger partial charge in [0.2, 0.25) is 5.75 Å². The number of carbonyl (C=O) groups excluding carboxylic acids is 1. The standard InChI is InChI=1S/C78H100N6O8/c1-5-9-18-27-62-30-36-66(37-31-62)79-82-69-42-48-72(49-43-69)87-54-21-12-15-24-57-90-75-60-65(78(85)86-8-4)61-76(91-58-25-16-13-22-55-88-73-50-44-70(45-51-73)83-80-67-38-32-63(33-39-67)28-19-10-6-2)77(75)92-59-26-17-14-23-56-89-74-52-46-71(47-53-74)84-81-68-40-34-64(35-41-68)29-20-11-7-3/h30-53,60-61H,5-29,54-59H2,1-4H3. The molecule has 0 atom stereocenters. The Bertz CT molecular complexity index is 3060. The van der Waals surface area contributed by atoms with E-state index < -0.39 is 5.97 Å². The average Bonchev–Trinajstić information content (AvgIpc) is 1.48. The number of rotatable bonds is 47. The first-order chi connectivity index (χ1) is 45.4.